The second-order valence-electron chi connectivity index (χ2n) is 4.89. The predicted molar refractivity (Wildman–Crippen MR) is 55.3 cm³/mol. The van der Waals surface area contributed by atoms with Gasteiger partial charge in [0, 0.05) is 12.6 Å². The lowest BCUT2D eigenvalue weighted by Gasteiger charge is -2.34. The van der Waals surface area contributed by atoms with Gasteiger partial charge in [0.25, 0.3) is 0 Å². The van der Waals surface area contributed by atoms with Crippen LogP contribution in [0.15, 0.2) is 0 Å². The van der Waals surface area contributed by atoms with Gasteiger partial charge in [0.1, 0.15) is 11.8 Å². The van der Waals surface area contributed by atoms with Crippen LogP contribution in [0.25, 0.3) is 0 Å². The van der Waals surface area contributed by atoms with E-state index in [4.69, 9.17) is 10.5 Å². The summed E-state index contributed by atoms with van der Waals surface area (Å²) in [5.41, 5.74) is 4.97. The number of hydrogen-bond acceptors (Lipinski definition) is 3. The molecule has 0 aromatic carbocycles. The Morgan fingerprint density at radius 1 is 1.53 bits per heavy atom. The molecule has 4 nitrogen and oxygen atoms in total. The van der Waals surface area contributed by atoms with Crippen LogP contribution in [0.5, 0.6) is 0 Å². The van der Waals surface area contributed by atoms with Gasteiger partial charge in [-0.05, 0) is 27.2 Å². The maximum atomic E-state index is 13.2. The van der Waals surface area contributed by atoms with E-state index in [2.05, 4.69) is 0 Å². The Morgan fingerprint density at radius 3 is 2.60 bits per heavy atom. The minimum Gasteiger partial charge on any atom is -0.444 e. The van der Waals surface area contributed by atoms with Crippen molar-refractivity contribution in [2.45, 2.75) is 45.0 Å². The number of alkyl halides is 1. The molecule has 0 unspecified atom stereocenters. The van der Waals surface area contributed by atoms with Gasteiger partial charge in [0.2, 0.25) is 0 Å². The Morgan fingerprint density at radius 2 is 2.13 bits per heavy atom. The molecule has 0 bridgehead atoms. The predicted octanol–water partition coefficient (Wildman–Crippen LogP) is 1.29. The van der Waals surface area contributed by atoms with Crippen molar-refractivity contribution in [2.24, 2.45) is 5.73 Å². The molecule has 0 aromatic heterocycles. The van der Waals surface area contributed by atoms with Gasteiger partial charge in [0.05, 0.1) is 6.54 Å². The number of ether oxygens (including phenoxy) is 1. The van der Waals surface area contributed by atoms with Crippen molar-refractivity contribution in [1.29, 1.82) is 0 Å². The van der Waals surface area contributed by atoms with Crippen molar-refractivity contribution in [3.8, 4) is 0 Å². The summed E-state index contributed by atoms with van der Waals surface area (Å²) in [6.45, 7) is 5.86. The molecular formula is C10H19FN2O2. The third-order valence-corrected chi connectivity index (χ3v) is 2.24. The first kappa shape index (κ1) is 12.2. The van der Waals surface area contributed by atoms with Gasteiger partial charge in [-0.15, -0.1) is 0 Å². The largest absolute Gasteiger partial charge is 0.444 e. The second kappa shape index (κ2) is 4.35. The highest BCUT2D eigenvalue weighted by atomic mass is 19.1. The molecule has 0 radical (unpaired) electrons. The molecule has 1 saturated heterocycles. The highest BCUT2D eigenvalue weighted by Crippen LogP contribution is 2.16. The lowest BCUT2D eigenvalue weighted by molar-refractivity contribution is 0.0116. The summed E-state index contributed by atoms with van der Waals surface area (Å²) in [6, 6.07) is -0.455. The van der Waals surface area contributed by atoms with Crippen molar-refractivity contribution in [3.63, 3.8) is 0 Å². The first-order chi connectivity index (χ1) is 6.79. The van der Waals surface area contributed by atoms with Crippen molar-refractivity contribution in [2.75, 3.05) is 13.1 Å². The summed E-state index contributed by atoms with van der Waals surface area (Å²) in [5, 5.41) is 0. The molecule has 1 aliphatic rings. The quantitative estimate of drug-likeness (QED) is 0.666. The van der Waals surface area contributed by atoms with Crippen LogP contribution in [0.3, 0.4) is 0 Å². The van der Waals surface area contributed by atoms with Crippen LogP contribution in [0.1, 0.15) is 27.2 Å². The number of carbonyl (C=O) groups is 1. The fraction of sp³-hybridized carbons (Fsp3) is 0.900. The van der Waals surface area contributed by atoms with Gasteiger partial charge in [-0.1, -0.05) is 0 Å². The Labute approximate surface area is 89.6 Å². The van der Waals surface area contributed by atoms with E-state index in [1.807, 2.05) is 0 Å². The minimum atomic E-state index is -1.15. The standard InChI is InChI=1S/C10H19FN2O2/c1-10(2,3)15-9(14)13-5-4-8(12)7(11)6-13/h7-8H,4-6,12H2,1-3H3/t7-,8-/m0/s1. The van der Waals surface area contributed by atoms with Gasteiger partial charge in [-0.25, -0.2) is 9.18 Å². The fourth-order valence-electron chi connectivity index (χ4n) is 1.42. The number of carbonyl (C=O) groups excluding carboxylic acids is 1. The lowest BCUT2D eigenvalue weighted by atomic mass is 10.0. The van der Waals surface area contributed by atoms with Crippen molar-refractivity contribution < 1.29 is 13.9 Å². The normalized spacial score (nSPS) is 27.7. The molecule has 0 saturated carbocycles. The molecule has 0 aliphatic carbocycles. The number of amides is 1. The lowest BCUT2D eigenvalue weighted by Crippen LogP contribution is -2.51. The molecule has 1 rings (SSSR count). The number of piperidine rings is 1. The molecule has 1 amide bonds. The summed E-state index contributed by atoms with van der Waals surface area (Å²) in [6.07, 6.45) is -1.12. The molecule has 2 N–H and O–H groups in total. The van der Waals surface area contributed by atoms with Crippen LogP contribution in [-0.4, -0.2) is 41.9 Å². The van der Waals surface area contributed by atoms with E-state index in [0.717, 1.165) is 0 Å². The van der Waals surface area contributed by atoms with E-state index < -0.39 is 23.9 Å². The summed E-state index contributed by atoms with van der Waals surface area (Å²) in [7, 11) is 0. The van der Waals surface area contributed by atoms with Crippen molar-refractivity contribution >= 4 is 6.09 Å². The van der Waals surface area contributed by atoms with Crippen LogP contribution in [0.2, 0.25) is 0 Å². The van der Waals surface area contributed by atoms with E-state index in [-0.39, 0.29) is 6.54 Å². The molecule has 2 atom stereocenters. The number of nitrogens with zero attached hydrogens (tertiary/aromatic N) is 1. The topological polar surface area (TPSA) is 55.6 Å². The van der Waals surface area contributed by atoms with Crippen LogP contribution >= 0.6 is 0 Å². The minimum absolute atomic E-state index is 0.0378. The maximum Gasteiger partial charge on any atom is 0.410 e. The molecule has 0 aromatic rings. The molecule has 15 heavy (non-hydrogen) atoms. The molecule has 0 spiro atoms. The molecule has 5 heteroatoms. The Balaban J connectivity index is 2.48. The molecule has 1 heterocycles. The summed E-state index contributed by atoms with van der Waals surface area (Å²) in [5.74, 6) is 0. The number of rotatable bonds is 0. The zero-order valence-corrected chi connectivity index (χ0v) is 9.50. The molecule has 88 valence electrons. The van der Waals surface area contributed by atoms with Crippen LogP contribution in [0, 0.1) is 0 Å². The average Bonchev–Trinajstić information content (AvgIpc) is 2.06. The third-order valence-electron chi connectivity index (χ3n) is 2.24. The summed E-state index contributed by atoms with van der Waals surface area (Å²) < 4.78 is 18.4. The van der Waals surface area contributed by atoms with Gasteiger partial charge >= 0.3 is 6.09 Å². The van der Waals surface area contributed by atoms with Crippen LogP contribution < -0.4 is 5.73 Å². The van der Waals surface area contributed by atoms with E-state index in [0.29, 0.717) is 13.0 Å². The number of hydrogen-bond donors (Lipinski definition) is 1. The van der Waals surface area contributed by atoms with E-state index >= 15 is 0 Å². The number of likely N-dealkylation sites (tertiary alicyclic amines) is 1. The van der Waals surface area contributed by atoms with Gasteiger partial charge in [0.15, 0.2) is 0 Å². The van der Waals surface area contributed by atoms with Crippen LogP contribution in [-0.2, 0) is 4.74 Å². The molecule has 1 aliphatic heterocycles. The maximum absolute atomic E-state index is 13.2. The zero-order chi connectivity index (χ0) is 11.6. The highest BCUT2D eigenvalue weighted by Gasteiger charge is 2.31. The Kier molecular flexibility index (Phi) is 3.54. The monoisotopic (exact) mass is 218 g/mol. The smallest absolute Gasteiger partial charge is 0.410 e. The zero-order valence-electron chi connectivity index (χ0n) is 9.50. The first-order valence-electron chi connectivity index (χ1n) is 5.17. The van der Waals surface area contributed by atoms with E-state index in [1.165, 1.54) is 4.90 Å². The Hall–Kier alpha value is -0.840. The Bertz CT molecular complexity index is 240. The van der Waals surface area contributed by atoms with Crippen molar-refractivity contribution in [1.82, 2.24) is 4.90 Å². The second-order valence-corrected chi connectivity index (χ2v) is 4.89. The number of halogens is 1. The highest BCUT2D eigenvalue weighted by molar-refractivity contribution is 5.68. The summed E-state index contributed by atoms with van der Waals surface area (Å²) >= 11 is 0. The number of nitrogens with two attached hydrogens (primary N) is 1. The summed E-state index contributed by atoms with van der Waals surface area (Å²) in [4.78, 5) is 12.9. The molecule has 1 fully saturated rings. The van der Waals surface area contributed by atoms with Gasteiger partial charge in [-0.3, -0.25) is 0 Å². The average molecular weight is 218 g/mol. The van der Waals surface area contributed by atoms with Crippen molar-refractivity contribution in [3.05, 3.63) is 0 Å². The molecular weight excluding hydrogens is 199 g/mol. The fourth-order valence-corrected chi connectivity index (χ4v) is 1.42. The van der Waals surface area contributed by atoms with Crippen LogP contribution in [0.4, 0.5) is 9.18 Å². The van der Waals surface area contributed by atoms with Gasteiger partial charge < -0.3 is 15.4 Å². The SMILES string of the molecule is CC(C)(C)OC(=O)N1CC[C@H](N)[C@@H](F)C1. The van der Waals surface area contributed by atoms with Gasteiger partial charge in [-0.2, -0.15) is 0 Å². The van der Waals surface area contributed by atoms with E-state index in [1.54, 1.807) is 20.8 Å². The third kappa shape index (κ3) is 3.66. The van der Waals surface area contributed by atoms with E-state index in [9.17, 15) is 9.18 Å². The first-order valence-corrected chi connectivity index (χ1v) is 5.17.